The summed E-state index contributed by atoms with van der Waals surface area (Å²) in [6, 6.07) is 6.27. The van der Waals surface area contributed by atoms with Gasteiger partial charge in [-0.25, -0.2) is 0 Å². The fourth-order valence-corrected chi connectivity index (χ4v) is 2.37. The van der Waals surface area contributed by atoms with Crippen molar-refractivity contribution in [2.75, 3.05) is 0 Å². The van der Waals surface area contributed by atoms with Crippen LogP contribution in [0.15, 0.2) is 18.2 Å². The van der Waals surface area contributed by atoms with Gasteiger partial charge in [-0.2, -0.15) is 0 Å². The number of rotatable bonds is 2. The number of carboxylic acids is 1. The fourth-order valence-electron chi connectivity index (χ4n) is 2.37. The summed E-state index contributed by atoms with van der Waals surface area (Å²) in [7, 11) is 0. The van der Waals surface area contributed by atoms with Crippen LogP contribution in [0, 0.1) is 19.8 Å². The van der Waals surface area contributed by atoms with Crippen molar-refractivity contribution in [2.45, 2.75) is 32.6 Å². The van der Waals surface area contributed by atoms with Crippen molar-refractivity contribution in [1.29, 1.82) is 0 Å². The van der Waals surface area contributed by atoms with Gasteiger partial charge in [0, 0.05) is 5.41 Å². The molecule has 2 nitrogen and oxygen atoms in total. The number of carboxylic acid groups (broad SMARTS) is 1. The van der Waals surface area contributed by atoms with E-state index in [4.69, 9.17) is 5.11 Å². The molecule has 1 aromatic carbocycles. The summed E-state index contributed by atoms with van der Waals surface area (Å²) in [5.41, 5.74) is 3.47. The van der Waals surface area contributed by atoms with Gasteiger partial charge in [-0.3, -0.25) is 4.79 Å². The van der Waals surface area contributed by atoms with E-state index in [1.165, 1.54) is 16.7 Å². The number of hydrogen-bond donors (Lipinski definition) is 1. The molecule has 2 unspecified atom stereocenters. The summed E-state index contributed by atoms with van der Waals surface area (Å²) in [6.07, 6.45) is 0.770. The van der Waals surface area contributed by atoms with Crippen molar-refractivity contribution in [2.24, 2.45) is 5.92 Å². The average molecular weight is 204 g/mol. The Morgan fingerprint density at radius 3 is 2.67 bits per heavy atom. The summed E-state index contributed by atoms with van der Waals surface area (Å²) < 4.78 is 0. The lowest BCUT2D eigenvalue weighted by Crippen LogP contribution is -2.12. The molecular weight excluding hydrogens is 188 g/mol. The summed E-state index contributed by atoms with van der Waals surface area (Å²) >= 11 is 0. The van der Waals surface area contributed by atoms with E-state index in [0.717, 1.165) is 6.42 Å². The van der Waals surface area contributed by atoms with E-state index < -0.39 is 5.97 Å². The lowest BCUT2D eigenvalue weighted by atomic mass is 9.90. The van der Waals surface area contributed by atoms with Crippen molar-refractivity contribution >= 4 is 5.97 Å². The molecule has 80 valence electrons. The fraction of sp³-hybridized carbons (Fsp3) is 0.462. The molecule has 2 heteroatoms. The molecule has 2 atom stereocenters. The summed E-state index contributed by atoms with van der Waals surface area (Å²) in [6.45, 7) is 6.15. The van der Waals surface area contributed by atoms with Crippen LogP contribution in [0.2, 0.25) is 0 Å². The molecule has 1 fully saturated rings. The summed E-state index contributed by atoms with van der Waals surface area (Å²) in [5, 5.41) is 9.01. The molecular formula is C13H16O2. The Morgan fingerprint density at radius 2 is 2.13 bits per heavy atom. The van der Waals surface area contributed by atoms with Gasteiger partial charge >= 0.3 is 5.97 Å². The van der Waals surface area contributed by atoms with Crippen LogP contribution in [0.4, 0.5) is 0 Å². The van der Waals surface area contributed by atoms with Gasteiger partial charge in [0.15, 0.2) is 0 Å². The van der Waals surface area contributed by atoms with Crippen LogP contribution in [0.3, 0.4) is 0 Å². The highest BCUT2D eigenvalue weighted by molar-refractivity contribution is 5.77. The van der Waals surface area contributed by atoms with E-state index in [9.17, 15) is 4.79 Å². The van der Waals surface area contributed by atoms with Gasteiger partial charge in [0.2, 0.25) is 0 Å². The highest BCUT2D eigenvalue weighted by Gasteiger charge is 2.56. The van der Waals surface area contributed by atoms with Gasteiger partial charge in [-0.15, -0.1) is 0 Å². The minimum Gasteiger partial charge on any atom is -0.481 e. The van der Waals surface area contributed by atoms with Gasteiger partial charge < -0.3 is 5.11 Å². The quantitative estimate of drug-likeness (QED) is 0.804. The molecule has 15 heavy (non-hydrogen) atoms. The zero-order valence-corrected chi connectivity index (χ0v) is 9.37. The summed E-state index contributed by atoms with van der Waals surface area (Å²) in [4.78, 5) is 10.9. The predicted molar refractivity (Wildman–Crippen MR) is 59.0 cm³/mol. The first-order chi connectivity index (χ1) is 6.95. The highest BCUT2D eigenvalue weighted by atomic mass is 16.4. The lowest BCUT2D eigenvalue weighted by Gasteiger charge is -2.14. The molecule has 1 saturated carbocycles. The molecule has 0 amide bonds. The third kappa shape index (κ3) is 1.54. The molecule has 0 aliphatic heterocycles. The second-order valence-electron chi connectivity index (χ2n) is 4.83. The van der Waals surface area contributed by atoms with E-state index in [-0.39, 0.29) is 11.3 Å². The lowest BCUT2D eigenvalue weighted by molar-refractivity contribution is -0.138. The minimum atomic E-state index is -0.668. The standard InChI is InChI=1S/C13H16O2/c1-8-4-5-9(2)10(6-8)13(3)7-11(13)12(14)15/h4-6,11H,7H2,1-3H3,(H,14,15). The van der Waals surface area contributed by atoms with E-state index in [1.807, 2.05) is 13.8 Å². The molecule has 0 spiro atoms. The smallest absolute Gasteiger partial charge is 0.307 e. The van der Waals surface area contributed by atoms with Crippen LogP contribution in [-0.4, -0.2) is 11.1 Å². The number of aryl methyl sites for hydroxylation is 2. The number of aliphatic carboxylic acids is 1. The van der Waals surface area contributed by atoms with Crippen LogP contribution >= 0.6 is 0 Å². The molecule has 0 bridgehead atoms. The maximum absolute atomic E-state index is 10.9. The number of benzene rings is 1. The van der Waals surface area contributed by atoms with Crippen LogP contribution in [-0.2, 0) is 10.2 Å². The Hall–Kier alpha value is -1.31. The Bertz CT molecular complexity index is 423. The maximum atomic E-state index is 10.9. The number of hydrogen-bond acceptors (Lipinski definition) is 1. The Morgan fingerprint density at radius 1 is 1.47 bits per heavy atom. The molecule has 1 N–H and O–H groups in total. The molecule has 0 saturated heterocycles. The second-order valence-corrected chi connectivity index (χ2v) is 4.83. The highest BCUT2D eigenvalue weighted by Crippen LogP contribution is 2.54. The number of carbonyl (C=O) groups is 1. The van der Waals surface area contributed by atoms with Gasteiger partial charge in [-0.1, -0.05) is 30.7 Å². The Labute approximate surface area is 89.9 Å². The molecule has 0 aromatic heterocycles. The third-order valence-electron chi connectivity index (χ3n) is 3.54. The largest absolute Gasteiger partial charge is 0.481 e. The monoisotopic (exact) mass is 204 g/mol. The van der Waals surface area contributed by atoms with E-state index in [0.29, 0.717) is 0 Å². The van der Waals surface area contributed by atoms with Crippen molar-refractivity contribution in [3.63, 3.8) is 0 Å². The summed E-state index contributed by atoms with van der Waals surface area (Å²) in [5.74, 6) is -0.864. The SMILES string of the molecule is Cc1ccc(C)c(C2(C)CC2C(=O)O)c1. The molecule has 1 aliphatic carbocycles. The van der Waals surface area contributed by atoms with Gasteiger partial charge in [0.25, 0.3) is 0 Å². The van der Waals surface area contributed by atoms with Crippen LogP contribution in [0.1, 0.15) is 30.0 Å². The predicted octanol–water partition coefficient (Wildman–Crippen LogP) is 2.67. The van der Waals surface area contributed by atoms with E-state index >= 15 is 0 Å². The molecule has 0 radical (unpaired) electrons. The van der Waals surface area contributed by atoms with Crippen molar-refractivity contribution in [3.05, 3.63) is 34.9 Å². The van der Waals surface area contributed by atoms with Gasteiger partial charge in [-0.05, 0) is 31.4 Å². The normalized spacial score (nSPS) is 28.9. The van der Waals surface area contributed by atoms with Crippen molar-refractivity contribution in [3.8, 4) is 0 Å². The van der Waals surface area contributed by atoms with Gasteiger partial charge in [0.1, 0.15) is 0 Å². The molecule has 2 rings (SSSR count). The first kappa shape index (κ1) is 10.2. The second kappa shape index (κ2) is 3.09. The third-order valence-corrected chi connectivity index (χ3v) is 3.54. The molecule has 0 heterocycles. The first-order valence-electron chi connectivity index (χ1n) is 5.25. The maximum Gasteiger partial charge on any atom is 0.307 e. The van der Waals surface area contributed by atoms with Crippen LogP contribution in [0.25, 0.3) is 0 Å². The topological polar surface area (TPSA) is 37.3 Å². The Balaban J connectivity index is 2.39. The zero-order chi connectivity index (χ0) is 11.2. The van der Waals surface area contributed by atoms with Crippen molar-refractivity contribution in [1.82, 2.24) is 0 Å². The van der Waals surface area contributed by atoms with Crippen molar-refractivity contribution < 1.29 is 9.90 Å². The van der Waals surface area contributed by atoms with Crippen LogP contribution < -0.4 is 0 Å². The Kier molecular flexibility index (Phi) is 2.10. The zero-order valence-electron chi connectivity index (χ0n) is 9.37. The van der Waals surface area contributed by atoms with Crippen LogP contribution in [0.5, 0.6) is 0 Å². The van der Waals surface area contributed by atoms with E-state index in [1.54, 1.807) is 0 Å². The van der Waals surface area contributed by atoms with E-state index in [2.05, 4.69) is 25.1 Å². The molecule has 1 aromatic rings. The molecule has 1 aliphatic rings. The average Bonchev–Trinajstić information content (AvgIpc) is 2.84. The first-order valence-corrected chi connectivity index (χ1v) is 5.25. The van der Waals surface area contributed by atoms with Gasteiger partial charge in [0.05, 0.1) is 5.92 Å². The minimum absolute atomic E-state index is 0.137.